The lowest BCUT2D eigenvalue weighted by atomic mass is 9.64. The number of hydrogen-bond acceptors (Lipinski definition) is 1. The van der Waals surface area contributed by atoms with Gasteiger partial charge in [-0.25, -0.2) is 17.6 Å². The minimum absolute atomic E-state index is 0.118. The van der Waals surface area contributed by atoms with Crippen molar-refractivity contribution < 1.29 is 31.1 Å². The van der Waals surface area contributed by atoms with Gasteiger partial charge in [0, 0.05) is 0 Å². The maximum atomic E-state index is 15.2. The highest BCUT2D eigenvalue weighted by atomic mass is 19.3. The van der Waals surface area contributed by atoms with Gasteiger partial charge >= 0.3 is 6.11 Å². The highest BCUT2D eigenvalue weighted by Crippen LogP contribution is 2.50. The first-order valence-corrected chi connectivity index (χ1v) is 13.7. The quantitative estimate of drug-likeness (QED) is 0.347. The summed E-state index contributed by atoms with van der Waals surface area (Å²) in [5.74, 6) is -2.00. The number of alkyl halides is 6. The molecule has 0 radical (unpaired) electrons. The molecule has 34 heavy (non-hydrogen) atoms. The van der Waals surface area contributed by atoms with Gasteiger partial charge in [-0.3, -0.25) is 0 Å². The van der Waals surface area contributed by atoms with Crippen LogP contribution in [-0.4, -0.2) is 36.9 Å². The molecule has 8 atom stereocenters. The lowest BCUT2D eigenvalue weighted by Crippen LogP contribution is -2.51. The maximum Gasteiger partial charge on any atom is 0.364 e. The molecule has 4 saturated carbocycles. The van der Waals surface area contributed by atoms with Gasteiger partial charge in [-0.1, -0.05) is 26.7 Å². The second kappa shape index (κ2) is 10.9. The number of ether oxygens (including phenoxy) is 1. The fourth-order valence-corrected chi connectivity index (χ4v) is 7.57. The summed E-state index contributed by atoms with van der Waals surface area (Å²) in [6.45, 7) is 3.89. The summed E-state index contributed by atoms with van der Waals surface area (Å²) in [4.78, 5) is 0. The zero-order valence-electron chi connectivity index (χ0n) is 20.6. The molecule has 0 bridgehead atoms. The summed E-state index contributed by atoms with van der Waals surface area (Å²) < 4.78 is 93.6. The standard InChI is InChI=1S/C27H42F6O/c1-15-3-5-17(6-4-15)18-7-9-21(23(29)12-18)19-13-24(30)26(25(31)14-19)27(32,33)34-20-8-10-22(28)16(2)11-20/h15-26H,3-14H2,1-2H3. The van der Waals surface area contributed by atoms with Crippen LogP contribution in [0.1, 0.15) is 90.9 Å². The Kier molecular flexibility index (Phi) is 8.51. The molecule has 0 aromatic rings. The van der Waals surface area contributed by atoms with Crippen LogP contribution in [-0.2, 0) is 4.74 Å². The minimum Gasteiger partial charge on any atom is -0.317 e. The third kappa shape index (κ3) is 5.91. The summed E-state index contributed by atoms with van der Waals surface area (Å²) in [5.41, 5.74) is 0. The van der Waals surface area contributed by atoms with Crippen molar-refractivity contribution in [3.63, 3.8) is 0 Å². The van der Waals surface area contributed by atoms with E-state index in [2.05, 4.69) is 6.92 Å². The van der Waals surface area contributed by atoms with Crippen LogP contribution in [0.15, 0.2) is 0 Å². The lowest BCUT2D eigenvalue weighted by molar-refractivity contribution is -0.321. The van der Waals surface area contributed by atoms with E-state index in [1.54, 1.807) is 6.92 Å². The molecule has 8 unspecified atom stereocenters. The van der Waals surface area contributed by atoms with Gasteiger partial charge in [0.1, 0.15) is 30.6 Å². The molecule has 4 aliphatic rings. The monoisotopic (exact) mass is 496 g/mol. The van der Waals surface area contributed by atoms with Gasteiger partial charge in [0.05, 0.1) is 6.10 Å². The van der Waals surface area contributed by atoms with Crippen LogP contribution in [0.25, 0.3) is 0 Å². The third-order valence-electron chi connectivity index (χ3n) is 9.76. The number of rotatable bonds is 5. The van der Waals surface area contributed by atoms with Crippen molar-refractivity contribution in [3.05, 3.63) is 0 Å². The van der Waals surface area contributed by atoms with Crippen molar-refractivity contribution in [3.8, 4) is 0 Å². The molecule has 0 heterocycles. The largest absolute Gasteiger partial charge is 0.364 e. The Morgan fingerprint density at radius 3 is 1.76 bits per heavy atom. The Balaban J connectivity index is 1.32. The number of halogens is 6. The van der Waals surface area contributed by atoms with Crippen molar-refractivity contribution in [2.24, 2.45) is 41.4 Å². The Morgan fingerprint density at radius 1 is 0.588 bits per heavy atom. The Hall–Kier alpha value is -0.460. The van der Waals surface area contributed by atoms with E-state index in [4.69, 9.17) is 4.74 Å². The summed E-state index contributed by atoms with van der Waals surface area (Å²) in [6, 6.07) is 0. The van der Waals surface area contributed by atoms with E-state index in [0.717, 1.165) is 25.2 Å². The fraction of sp³-hybridized carbons (Fsp3) is 1.00. The predicted octanol–water partition coefficient (Wildman–Crippen LogP) is 8.41. The summed E-state index contributed by atoms with van der Waals surface area (Å²) >= 11 is 0. The molecule has 0 N–H and O–H groups in total. The molecule has 0 aromatic carbocycles. The van der Waals surface area contributed by atoms with E-state index < -0.39 is 60.6 Å². The first-order valence-electron chi connectivity index (χ1n) is 13.7. The molecule has 0 amide bonds. The van der Waals surface area contributed by atoms with E-state index in [9.17, 15) is 13.2 Å². The van der Waals surface area contributed by atoms with Crippen LogP contribution in [0.5, 0.6) is 0 Å². The third-order valence-corrected chi connectivity index (χ3v) is 9.76. The van der Waals surface area contributed by atoms with Gasteiger partial charge in [0.2, 0.25) is 0 Å². The normalized spacial score (nSPS) is 49.1. The van der Waals surface area contributed by atoms with Crippen molar-refractivity contribution in [2.75, 3.05) is 0 Å². The zero-order chi connectivity index (χ0) is 24.6. The van der Waals surface area contributed by atoms with Crippen LogP contribution in [0.2, 0.25) is 0 Å². The molecule has 0 aliphatic heterocycles. The summed E-state index contributed by atoms with van der Waals surface area (Å²) in [6.07, 6.45) is -4.79. The number of hydrogen-bond donors (Lipinski definition) is 0. The molecule has 4 rings (SSSR count). The fourth-order valence-electron chi connectivity index (χ4n) is 7.57. The van der Waals surface area contributed by atoms with Crippen LogP contribution in [0, 0.1) is 41.4 Å². The van der Waals surface area contributed by atoms with Crippen molar-refractivity contribution >= 4 is 0 Å². The van der Waals surface area contributed by atoms with Gasteiger partial charge < -0.3 is 4.74 Å². The Bertz CT molecular complexity index is 641. The van der Waals surface area contributed by atoms with E-state index in [1.807, 2.05) is 0 Å². The molecule has 1 nitrogen and oxygen atoms in total. The molecule has 198 valence electrons. The van der Waals surface area contributed by atoms with Gasteiger partial charge in [-0.15, -0.1) is 0 Å². The summed E-state index contributed by atoms with van der Waals surface area (Å²) in [7, 11) is 0. The van der Waals surface area contributed by atoms with Gasteiger partial charge in [-0.05, 0) is 99.7 Å². The highest BCUT2D eigenvalue weighted by molar-refractivity contribution is 4.97. The van der Waals surface area contributed by atoms with E-state index in [-0.39, 0.29) is 32.1 Å². The Morgan fingerprint density at radius 2 is 1.18 bits per heavy atom. The lowest BCUT2D eigenvalue weighted by Gasteiger charge is -2.45. The molecule has 0 spiro atoms. The molecule has 0 aromatic heterocycles. The van der Waals surface area contributed by atoms with Gasteiger partial charge in [0.25, 0.3) is 0 Å². The smallest absolute Gasteiger partial charge is 0.317 e. The van der Waals surface area contributed by atoms with Crippen LogP contribution in [0.3, 0.4) is 0 Å². The second-order valence-electron chi connectivity index (χ2n) is 12.2. The van der Waals surface area contributed by atoms with Gasteiger partial charge in [-0.2, -0.15) is 8.78 Å². The van der Waals surface area contributed by atoms with Gasteiger partial charge in [0.15, 0.2) is 0 Å². The van der Waals surface area contributed by atoms with Crippen LogP contribution >= 0.6 is 0 Å². The van der Waals surface area contributed by atoms with E-state index in [0.29, 0.717) is 24.7 Å². The minimum atomic E-state index is -3.96. The van der Waals surface area contributed by atoms with Crippen LogP contribution in [0.4, 0.5) is 26.3 Å². The Labute approximate surface area is 200 Å². The molecular weight excluding hydrogens is 454 g/mol. The highest BCUT2D eigenvalue weighted by Gasteiger charge is 2.57. The first kappa shape index (κ1) is 26.6. The van der Waals surface area contributed by atoms with E-state index >= 15 is 13.2 Å². The molecule has 4 aliphatic carbocycles. The van der Waals surface area contributed by atoms with Crippen LogP contribution < -0.4 is 0 Å². The molecule has 4 fully saturated rings. The average molecular weight is 497 g/mol. The predicted molar refractivity (Wildman–Crippen MR) is 121 cm³/mol. The average Bonchev–Trinajstić information content (AvgIpc) is 2.76. The van der Waals surface area contributed by atoms with E-state index in [1.165, 1.54) is 12.8 Å². The topological polar surface area (TPSA) is 9.23 Å². The first-order chi connectivity index (χ1) is 16.0. The summed E-state index contributed by atoms with van der Waals surface area (Å²) in [5, 5.41) is 0. The maximum absolute atomic E-state index is 15.2. The molecular formula is C27H42F6O. The van der Waals surface area contributed by atoms with Crippen molar-refractivity contribution in [2.45, 2.75) is 128 Å². The zero-order valence-corrected chi connectivity index (χ0v) is 20.6. The van der Waals surface area contributed by atoms with Crippen molar-refractivity contribution in [1.29, 1.82) is 0 Å². The SMILES string of the molecule is CC1CCC(C2CCC(C3CC(F)C(C(F)(F)OC4CCC(F)C(C)C4)C(F)C3)C(F)C2)CC1. The molecule has 0 saturated heterocycles. The second-order valence-corrected chi connectivity index (χ2v) is 12.2. The van der Waals surface area contributed by atoms with Crippen molar-refractivity contribution in [1.82, 2.24) is 0 Å². The molecule has 7 heteroatoms.